The maximum atomic E-state index is 11.9. The lowest BCUT2D eigenvalue weighted by molar-refractivity contribution is 0.0944. The van der Waals surface area contributed by atoms with E-state index in [1.165, 1.54) is 154 Å². The Kier molecular flexibility index (Phi) is 31.0. The van der Waals surface area contributed by atoms with Crippen LogP contribution in [0, 0.1) is 0 Å². The average molecular weight is 663 g/mol. The molecule has 2 aromatic carbocycles. The summed E-state index contributed by atoms with van der Waals surface area (Å²) < 4.78 is 0. The Balaban J connectivity index is 0.000000495. The molecule has 0 aromatic heterocycles. The molecule has 0 unspecified atom stereocenters. The van der Waals surface area contributed by atoms with Crippen LogP contribution in [0.5, 0.6) is 0 Å². The van der Waals surface area contributed by atoms with E-state index in [0.717, 1.165) is 37.1 Å². The third-order valence-corrected chi connectivity index (χ3v) is 9.20. The summed E-state index contributed by atoms with van der Waals surface area (Å²) in [6.07, 6.45) is 35.3. The highest BCUT2D eigenvalue weighted by molar-refractivity contribution is 5.94. The van der Waals surface area contributed by atoms with Gasteiger partial charge in [-0.25, -0.2) is 0 Å². The van der Waals surface area contributed by atoms with Gasteiger partial charge in [0.15, 0.2) is 0 Å². The lowest BCUT2D eigenvalue weighted by Gasteiger charge is -2.05. The van der Waals surface area contributed by atoms with Crippen molar-refractivity contribution in [2.45, 2.75) is 181 Å². The number of benzene rings is 2. The van der Waals surface area contributed by atoms with Gasteiger partial charge < -0.3 is 10.6 Å². The lowest BCUT2D eigenvalue weighted by atomic mass is 10.0. The zero-order valence-corrected chi connectivity index (χ0v) is 31.4. The Morgan fingerprint density at radius 2 is 0.583 bits per heavy atom. The minimum Gasteiger partial charge on any atom is -0.352 e. The van der Waals surface area contributed by atoms with Crippen molar-refractivity contribution in [2.24, 2.45) is 0 Å². The number of carbonyl (C=O) groups is 2. The first-order valence-electron chi connectivity index (χ1n) is 20.4. The minimum absolute atomic E-state index is 0.0477. The molecule has 0 aliphatic rings. The first-order valence-corrected chi connectivity index (χ1v) is 20.4. The largest absolute Gasteiger partial charge is 0.352 e. The van der Waals surface area contributed by atoms with Gasteiger partial charge in [0.1, 0.15) is 0 Å². The first kappa shape index (κ1) is 43.4. The SMILES string of the molecule is CCCCCCCCCCCCCCCCCCNC(=O)c1ccccc1.CCCCCCCCCCCCNC(=O)c1ccccc1. The number of rotatable bonds is 30. The van der Waals surface area contributed by atoms with Crippen molar-refractivity contribution in [3.63, 3.8) is 0 Å². The molecule has 0 aliphatic heterocycles. The van der Waals surface area contributed by atoms with Gasteiger partial charge in [-0.1, -0.05) is 204 Å². The molecule has 0 aliphatic carbocycles. The third kappa shape index (κ3) is 27.3. The maximum Gasteiger partial charge on any atom is 0.251 e. The predicted octanol–water partition coefficient (Wildman–Crippen LogP) is 13.0. The van der Waals surface area contributed by atoms with Crippen molar-refractivity contribution in [3.8, 4) is 0 Å². The van der Waals surface area contributed by atoms with Crippen LogP contribution in [0.4, 0.5) is 0 Å². The molecule has 2 aromatic rings. The highest BCUT2D eigenvalue weighted by Gasteiger charge is 2.04. The fraction of sp³-hybridized carbons (Fsp3) is 0.682. The Morgan fingerprint density at radius 1 is 0.354 bits per heavy atom. The number of hydrogen-bond donors (Lipinski definition) is 2. The molecule has 4 nitrogen and oxygen atoms in total. The van der Waals surface area contributed by atoms with Crippen LogP contribution in [0.15, 0.2) is 60.7 Å². The van der Waals surface area contributed by atoms with Crippen molar-refractivity contribution in [2.75, 3.05) is 13.1 Å². The number of nitrogens with one attached hydrogen (secondary N) is 2. The van der Waals surface area contributed by atoms with Gasteiger partial charge in [-0.2, -0.15) is 0 Å². The summed E-state index contributed by atoms with van der Waals surface area (Å²) in [7, 11) is 0. The van der Waals surface area contributed by atoms with Gasteiger partial charge in [0.25, 0.3) is 11.8 Å². The van der Waals surface area contributed by atoms with Crippen LogP contribution in [0.2, 0.25) is 0 Å². The van der Waals surface area contributed by atoms with Gasteiger partial charge in [0.2, 0.25) is 0 Å². The molecule has 2 N–H and O–H groups in total. The summed E-state index contributed by atoms with van der Waals surface area (Å²) in [5.41, 5.74) is 1.51. The second-order valence-electron chi connectivity index (χ2n) is 13.7. The van der Waals surface area contributed by atoms with Gasteiger partial charge >= 0.3 is 0 Å². The molecule has 0 atom stereocenters. The van der Waals surface area contributed by atoms with Crippen LogP contribution in [0.3, 0.4) is 0 Å². The molecule has 0 bridgehead atoms. The summed E-state index contributed by atoms with van der Waals surface area (Å²) in [6, 6.07) is 18.9. The molecule has 2 amide bonds. The van der Waals surface area contributed by atoms with E-state index in [1.807, 2.05) is 60.7 Å². The molecule has 0 heterocycles. The van der Waals surface area contributed by atoms with Crippen molar-refractivity contribution in [1.82, 2.24) is 10.6 Å². The van der Waals surface area contributed by atoms with E-state index in [9.17, 15) is 9.59 Å². The predicted molar refractivity (Wildman–Crippen MR) is 209 cm³/mol. The van der Waals surface area contributed by atoms with Crippen molar-refractivity contribution in [1.29, 1.82) is 0 Å². The fourth-order valence-corrected chi connectivity index (χ4v) is 6.07. The molecule has 0 saturated heterocycles. The molecule has 0 saturated carbocycles. The molecule has 4 heteroatoms. The normalized spacial score (nSPS) is 10.7. The minimum atomic E-state index is 0.0477. The smallest absolute Gasteiger partial charge is 0.251 e. The van der Waals surface area contributed by atoms with Gasteiger partial charge in [-0.05, 0) is 37.1 Å². The Labute approximate surface area is 297 Å². The van der Waals surface area contributed by atoms with Crippen molar-refractivity contribution >= 4 is 11.8 Å². The van der Waals surface area contributed by atoms with Crippen molar-refractivity contribution < 1.29 is 9.59 Å². The molecule has 0 radical (unpaired) electrons. The zero-order chi connectivity index (χ0) is 34.6. The quantitative estimate of drug-likeness (QED) is 0.0818. The van der Waals surface area contributed by atoms with E-state index in [0.29, 0.717) is 0 Å². The standard InChI is InChI=1S/C25H43NO.C19H31NO/c1-2-3-4-5-6-7-8-9-10-11-12-13-14-15-16-20-23-26-25(27)24-21-18-17-19-22-24;1-2-3-4-5-6-7-8-9-10-14-17-20-19(21)18-15-12-11-13-16-18/h17-19,21-22H,2-16,20,23H2,1H3,(H,26,27);11-13,15-16H,2-10,14,17H2,1H3,(H,20,21). The van der Waals surface area contributed by atoms with E-state index in [1.54, 1.807) is 0 Å². The summed E-state index contributed by atoms with van der Waals surface area (Å²) >= 11 is 0. The lowest BCUT2D eigenvalue weighted by Crippen LogP contribution is -2.24. The monoisotopic (exact) mass is 663 g/mol. The Hall–Kier alpha value is -2.62. The third-order valence-electron chi connectivity index (χ3n) is 9.20. The van der Waals surface area contributed by atoms with Crippen LogP contribution in [-0.4, -0.2) is 24.9 Å². The first-order chi connectivity index (χ1) is 23.7. The Morgan fingerprint density at radius 3 is 0.833 bits per heavy atom. The Bertz CT molecular complexity index is 962. The van der Waals surface area contributed by atoms with E-state index >= 15 is 0 Å². The van der Waals surface area contributed by atoms with Crippen LogP contribution in [0.1, 0.15) is 202 Å². The number of carbonyl (C=O) groups excluding carboxylic acids is 2. The zero-order valence-electron chi connectivity index (χ0n) is 31.4. The summed E-state index contributed by atoms with van der Waals surface area (Å²) in [5.74, 6) is 0.100. The molecule has 48 heavy (non-hydrogen) atoms. The van der Waals surface area contributed by atoms with E-state index in [4.69, 9.17) is 0 Å². The van der Waals surface area contributed by atoms with Gasteiger partial charge in [0.05, 0.1) is 0 Å². The van der Waals surface area contributed by atoms with Crippen LogP contribution in [-0.2, 0) is 0 Å². The molecule has 2 rings (SSSR count). The summed E-state index contributed by atoms with van der Waals surface area (Å²) in [4.78, 5) is 23.7. The van der Waals surface area contributed by atoms with Crippen LogP contribution < -0.4 is 10.6 Å². The highest BCUT2D eigenvalue weighted by atomic mass is 16.2. The fourth-order valence-electron chi connectivity index (χ4n) is 6.07. The number of hydrogen-bond acceptors (Lipinski definition) is 2. The molecular weight excluding hydrogens is 588 g/mol. The highest BCUT2D eigenvalue weighted by Crippen LogP contribution is 2.14. The van der Waals surface area contributed by atoms with Gasteiger partial charge in [-0.15, -0.1) is 0 Å². The maximum absolute atomic E-state index is 11.9. The number of unbranched alkanes of at least 4 members (excludes halogenated alkanes) is 24. The van der Waals surface area contributed by atoms with Gasteiger partial charge in [-0.3, -0.25) is 9.59 Å². The van der Waals surface area contributed by atoms with E-state index in [2.05, 4.69) is 24.5 Å². The topological polar surface area (TPSA) is 58.2 Å². The molecule has 0 spiro atoms. The molecule has 272 valence electrons. The van der Waals surface area contributed by atoms with E-state index < -0.39 is 0 Å². The van der Waals surface area contributed by atoms with Crippen molar-refractivity contribution in [3.05, 3.63) is 71.8 Å². The van der Waals surface area contributed by atoms with Crippen LogP contribution >= 0.6 is 0 Å². The number of amides is 2. The van der Waals surface area contributed by atoms with Crippen LogP contribution in [0.25, 0.3) is 0 Å². The second kappa shape index (κ2) is 34.3. The summed E-state index contributed by atoms with van der Waals surface area (Å²) in [5, 5.41) is 5.99. The average Bonchev–Trinajstić information content (AvgIpc) is 3.12. The molecule has 0 fully saturated rings. The van der Waals surface area contributed by atoms with E-state index in [-0.39, 0.29) is 11.8 Å². The second-order valence-corrected chi connectivity index (χ2v) is 13.7. The summed E-state index contributed by atoms with van der Waals surface area (Å²) in [6.45, 7) is 6.14. The molecular formula is C44H74N2O2. The van der Waals surface area contributed by atoms with Gasteiger partial charge in [0, 0.05) is 24.2 Å².